The number of hydrogen-bond donors (Lipinski definition) is 2. The van der Waals surface area contributed by atoms with Crippen molar-refractivity contribution in [2.75, 3.05) is 6.61 Å². The van der Waals surface area contributed by atoms with Crippen LogP contribution in [0.2, 0.25) is 0 Å². The first kappa shape index (κ1) is 16.8. The zero-order valence-corrected chi connectivity index (χ0v) is 13.3. The Morgan fingerprint density at radius 1 is 1.52 bits per heavy atom. The average molecular weight is 317 g/mol. The molecule has 0 radical (unpaired) electrons. The first-order valence-corrected chi connectivity index (χ1v) is 7.20. The van der Waals surface area contributed by atoms with E-state index in [1.54, 1.807) is 18.2 Å². The molecule has 0 bridgehead atoms. The number of nitrogens with one attached hydrogen (secondary N) is 1. The van der Waals surface area contributed by atoms with Crippen molar-refractivity contribution >= 4 is 11.8 Å². The summed E-state index contributed by atoms with van der Waals surface area (Å²) in [4.78, 5) is 23.5. The molecule has 0 spiro atoms. The molecule has 23 heavy (non-hydrogen) atoms. The van der Waals surface area contributed by atoms with E-state index in [-0.39, 0.29) is 5.91 Å². The molecule has 1 aliphatic heterocycles. The Morgan fingerprint density at radius 2 is 2.22 bits per heavy atom. The number of aliphatic hydroxyl groups is 1. The van der Waals surface area contributed by atoms with Gasteiger partial charge in [0, 0.05) is 18.9 Å². The van der Waals surface area contributed by atoms with E-state index in [0.717, 1.165) is 0 Å². The van der Waals surface area contributed by atoms with Crippen LogP contribution in [0.5, 0.6) is 5.75 Å². The summed E-state index contributed by atoms with van der Waals surface area (Å²) in [6, 6.07) is 6.54. The summed E-state index contributed by atoms with van der Waals surface area (Å²) >= 11 is 0. The smallest absolute Gasteiger partial charge is 0.264 e. The van der Waals surface area contributed by atoms with Crippen LogP contribution in [0.1, 0.15) is 44.4 Å². The second-order valence-electron chi connectivity index (χ2n) is 6.03. The van der Waals surface area contributed by atoms with Gasteiger partial charge in [-0.25, -0.2) is 5.01 Å². The maximum Gasteiger partial charge on any atom is 0.264 e. The van der Waals surface area contributed by atoms with Gasteiger partial charge >= 0.3 is 0 Å². The molecule has 7 heteroatoms. The van der Waals surface area contributed by atoms with E-state index in [0.29, 0.717) is 23.3 Å². The van der Waals surface area contributed by atoms with E-state index >= 15 is 0 Å². The van der Waals surface area contributed by atoms with Crippen molar-refractivity contribution in [1.82, 2.24) is 10.4 Å². The minimum atomic E-state index is -0.721. The van der Waals surface area contributed by atoms with Crippen molar-refractivity contribution in [3.8, 4) is 11.8 Å². The van der Waals surface area contributed by atoms with Crippen LogP contribution in [0.15, 0.2) is 18.2 Å². The number of rotatable bonds is 2. The first-order chi connectivity index (χ1) is 10.8. The molecule has 1 aromatic carbocycles. The maximum absolute atomic E-state index is 12.0. The van der Waals surface area contributed by atoms with Crippen LogP contribution in [0.3, 0.4) is 0 Å². The van der Waals surface area contributed by atoms with Gasteiger partial charge in [0.25, 0.3) is 5.91 Å². The van der Waals surface area contributed by atoms with Crippen LogP contribution in [-0.2, 0) is 9.59 Å². The van der Waals surface area contributed by atoms with Crippen LogP contribution in [0.25, 0.3) is 0 Å². The molecule has 1 heterocycles. The van der Waals surface area contributed by atoms with Gasteiger partial charge in [0.2, 0.25) is 5.91 Å². The average Bonchev–Trinajstić information content (AvgIpc) is 2.50. The van der Waals surface area contributed by atoms with E-state index in [1.807, 2.05) is 13.8 Å². The molecule has 1 aliphatic rings. The lowest BCUT2D eigenvalue weighted by Gasteiger charge is -2.42. The Balaban J connectivity index is 2.49. The Hall–Kier alpha value is -2.59. The van der Waals surface area contributed by atoms with Gasteiger partial charge < -0.3 is 9.84 Å². The summed E-state index contributed by atoms with van der Waals surface area (Å²) in [5.74, 6) is -0.486. The second kappa shape index (κ2) is 6.26. The number of carbonyl (C=O) groups is 2. The summed E-state index contributed by atoms with van der Waals surface area (Å²) in [6.07, 6.45) is 0.431. The van der Waals surface area contributed by atoms with Crippen molar-refractivity contribution in [1.29, 1.82) is 5.26 Å². The van der Waals surface area contributed by atoms with Gasteiger partial charge in [-0.3, -0.25) is 15.0 Å². The minimum absolute atomic E-state index is 0.372. The number of nitriles is 1. The molecular weight excluding hydrogens is 298 g/mol. The van der Waals surface area contributed by atoms with Gasteiger partial charge in [0.15, 0.2) is 0 Å². The zero-order valence-electron chi connectivity index (χ0n) is 13.3. The summed E-state index contributed by atoms with van der Waals surface area (Å²) in [5, 5.41) is 19.2. The number of nitrogens with zero attached hydrogens (tertiary/aromatic N) is 2. The monoisotopic (exact) mass is 317 g/mol. The molecule has 2 N–H and O–H groups in total. The van der Waals surface area contributed by atoms with Crippen LogP contribution in [-0.4, -0.2) is 34.1 Å². The standard InChI is InChI=1S/C16H19N3O4/c1-10(21)19(18-15(22)9-20)13-7-16(2,3)23-14-5-4-11(8-17)6-12(13)14/h4-6,13,20H,7,9H2,1-3H3,(H,18,22). The maximum atomic E-state index is 12.0. The fourth-order valence-corrected chi connectivity index (χ4v) is 2.66. The molecule has 0 saturated heterocycles. The fourth-order valence-electron chi connectivity index (χ4n) is 2.66. The van der Waals surface area contributed by atoms with Crippen molar-refractivity contribution in [3.05, 3.63) is 29.3 Å². The summed E-state index contributed by atoms with van der Waals surface area (Å²) in [6.45, 7) is 4.37. The Morgan fingerprint density at radius 3 is 2.78 bits per heavy atom. The van der Waals surface area contributed by atoms with Gasteiger partial charge in [-0.1, -0.05) is 0 Å². The quantitative estimate of drug-likeness (QED) is 0.793. The van der Waals surface area contributed by atoms with Gasteiger partial charge in [0.05, 0.1) is 17.7 Å². The van der Waals surface area contributed by atoms with E-state index in [1.165, 1.54) is 11.9 Å². The van der Waals surface area contributed by atoms with Gasteiger partial charge in [-0.05, 0) is 32.0 Å². The summed E-state index contributed by atoms with van der Waals surface area (Å²) in [7, 11) is 0. The lowest BCUT2D eigenvalue weighted by atomic mass is 9.88. The van der Waals surface area contributed by atoms with E-state index in [4.69, 9.17) is 15.1 Å². The van der Waals surface area contributed by atoms with E-state index < -0.39 is 24.2 Å². The molecule has 0 fully saturated rings. The number of benzene rings is 1. The van der Waals surface area contributed by atoms with Crippen molar-refractivity contribution in [3.63, 3.8) is 0 Å². The third-order valence-electron chi connectivity index (χ3n) is 3.61. The fraction of sp³-hybridized carbons (Fsp3) is 0.438. The second-order valence-corrected chi connectivity index (χ2v) is 6.03. The van der Waals surface area contributed by atoms with Gasteiger partial charge in [-0.2, -0.15) is 5.26 Å². The third-order valence-corrected chi connectivity index (χ3v) is 3.61. The predicted octanol–water partition coefficient (Wildman–Crippen LogP) is 1.03. The molecule has 122 valence electrons. The largest absolute Gasteiger partial charge is 0.487 e. The highest BCUT2D eigenvalue weighted by Gasteiger charge is 2.38. The molecule has 1 unspecified atom stereocenters. The lowest BCUT2D eigenvalue weighted by molar-refractivity contribution is -0.146. The number of amides is 2. The third kappa shape index (κ3) is 3.60. The van der Waals surface area contributed by atoms with Crippen LogP contribution in [0.4, 0.5) is 0 Å². The highest BCUT2D eigenvalue weighted by Crippen LogP contribution is 2.42. The molecule has 0 aromatic heterocycles. The molecule has 2 rings (SSSR count). The Kier molecular flexibility index (Phi) is 4.57. The van der Waals surface area contributed by atoms with Gasteiger partial charge in [0.1, 0.15) is 18.0 Å². The van der Waals surface area contributed by atoms with Crippen LogP contribution < -0.4 is 10.2 Å². The van der Waals surface area contributed by atoms with Crippen LogP contribution >= 0.6 is 0 Å². The zero-order chi connectivity index (χ0) is 17.2. The lowest BCUT2D eigenvalue weighted by Crippen LogP contribution is -2.51. The molecule has 2 amide bonds. The van der Waals surface area contributed by atoms with Crippen molar-refractivity contribution in [2.45, 2.75) is 38.8 Å². The number of hydrogen-bond acceptors (Lipinski definition) is 5. The molecule has 1 aromatic rings. The number of hydrazine groups is 1. The molecule has 0 saturated carbocycles. The highest BCUT2D eigenvalue weighted by atomic mass is 16.5. The number of aliphatic hydroxyl groups excluding tert-OH is 1. The SMILES string of the molecule is CC(=O)N(NC(=O)CO)C1CC(C)(C)Oc2ccc(C#N)cc21. The molecule has 1 atom stereocenters. The van der Waals surface area contributed by atoms with E-state index in [9.17, 15) is 9.59 Å². The summed E-state index contributed by atoms with van der Waals surface area (Å²) < 4.78 is 5.90. The first-order valence-electron chi connectivity index (χ1n) is 7.20. The van der Waals surface area contributed by atoms with Gasteiger partial charge in [-0.15, -0.1) is 0 Å². The predicted molar refractivity (Wildman–Crippen MR) is 81.0 cm³/mol. The highest BCUT2D eigenvalue weighted by molar-refractivity contribution is 5.82. The molecule has 0 aliphatic carbocycles. The van der Waals surface area contributed by atoms with E-state index in [2.05, 4.69) is 11.5 Å². The molecular formula is C16H19N3O4. The topological polar surface area (TPSA) is 103 Å². The van der Waals surface area contributed by atoms with Crippen molar-refractivity contribution in [2.24, 2.45) is 0 Å². The number of carbonyl (C=O) groups excluding carboxylic acids is 2. The van der Waals surface area contributed by atoms with Crippen molar-refractivity contribution < 1.29 is 19.4 Å². The number of ether oxygens (including phenoxy) is 1. The Labute approximate surface area is 134 Å². The molecule has 7 nitrogen and oxygen atoms in total. The Bertz CT molecular complexity index is 678. The summed E-state index contributed by atoms with van der Waals surface area (Å²) in [5.41, 5.74) is 2.95. The minimum Gasteiger partial charge on any atom is -0.487 e. The number of fused-ring (bicyclic) bond motifs is 1. The normalized spacial score (nSPS) is 18.1. The van der Waals surface area contributed by atoms with Crippen LogP contribution in [0, 0.1) is 11.3 Å².